The second kappa shape index (κ2) is 6.48. The Morgan fingerprint density at radius 2 is 1.79 bits per heavy atom. The van der Waals surface area contributed by atoms with Gasteiger partial charge in [0.25, 0.3) is 0 Å². The largest absolute Gasteiger partial charge is 0.485 e. The fraction of sp³-hybridized carbons (Fsp3) is 0.133. The lowest BCUT2D eigenvalue weighted by atomic mass is 10.1. The van der Waals surface area contributed by atoms with Crippen LogP contribution in [0.15, 0.2) is 53.0 Å². The van der Waals surface area contributed by atoms with Gasteiger partial charge in [0, 0.05) is 6.42 Å². The Bertz CT molecular complexity index is 567. The zero-order valence-corrected chi connectivity index (χ0v) is 11.7. The highest BCUT2D eigenvalue weighted by atomic mass is 79.9. The number of hydrogen-bond donors (Lipinski definition) is 0. The van der Waals surface area contributed by atoms with Crippen molar-refractivity contribution in [3.05, 3.63) is 64.4 Å². The first-order valence-electron chi connectivity index (χ1n) is 5.78. The van der Waals surface area contributed by atoms with E-state index in [1.807, 2.05) is 18.2 Å². The van der Waals surface area contributed by atoms with Gasteiger partial charge in [-0.3, -0.25) is 4.79 Å². The van der Waals surface area contributed by atoms with Crippen LogP contribution < -0.4 is 4.74 Å². The maximum atomic E-state index is 12.7. The molecule has 2 aromatic rings. The first-order valence-corrected chi connectivity index (χ1v) is 6.58. The predicted molar refractivity (Wildman–Crippen MR) is 74.7 cm³/mol. The minimum atomic E-state index is -0.305. The highest BCUT2D eigenvalue weighted by molar-refractivity contribution is 9.10. The van der Waals surface area contributed by atoms with Crippen molar-refractivity contribution in [3.63, 3.8) is 0 Å². The summed E-state index contributed by atoms with van der Waals surface area (Å²) in [7, 11) is 0. The van der Waals surface area contributed by atoms with E-state index < -0.39 is 0 Å². The topological polar surface area (TPSA) is 26.3 Å². The fourth-order valence-electron chi connectivity index (χ4n) is 1.60. The molecular weight excluding hydrogens is 311 g/mol. The van der Waals surface area contributed by atoms with Gasteiger partial charge in [0.2, 0.25) is 0 Å². The summed E-state index contributed by atoms with van der Waals surface area (Å²) < 4.78 is 19.0. The first-order chi connectivity index (χ1) is 9.15. The molecule has 0 spiro atoms. The summed E-state index contributed by atoms with van der Waals surface area (Å²) in [6, 6.07) is 13.2. The van der Waals surface area contributed by atoms with Crippen molar-refractivity contribution in [3.8, 4) is 5.75 Å². The van der Waals surface area contributed by atoms with E-state index in [0.717, 1.165) is 10.0 Å². The van der Waals surface area contributed by atoms with Gasteiger partial charge >= 0.3 is 0 Å². The molecule has 0 aliphatic carbocycles. The van der Waals surface area contributed by atoms with Gasteiger partial charge in [0.15, 0.2) is 5.78 Å². The van der Waals surface area contributed by atoms with Crippen molar-refractivity contribution in [2.75, 3.05) is 6.61 Å². The molecule has 0 radical (unpaired) electrons. The van der Waals surface area contributed by atoms with Crippen LogP contribution in [-0.2, 0) is 11.2 Å². The molecule has 2 nitrogen and oxygen atoms in total. The summed E-state index contributed by atoms with van der Waals surface area (Å²) in [5.41, 5.74) is 0.780. The minimum Gasteiger partial charge on any atom is -0.485 e. The molecule has 0 N–H and O–H groups in total. The monoisotopic (exact) mass is 322 g/mol. The van der Waals surface area contributed by atoms with Crippen molar-refractivity contribution < 1.29 is 13.9 Å². The normalized spacial score (nSPS) is 10.2. The number of halogens is 2. The molecule has 0 aromatic heterocycles. The van der Waals surface area contributed by atoms with Crippen LogP contribution in [0.1, 0.15) is 5.56 Å². The number of carbonyl (C=O) groups is 1. The number of carbonyl (C=O) groups excluding carboxylic acids is 1. The van der Waals surface area contributed by atoms with Gasteiger partial charge in [0.1, 0.15) is 18.2 Å². The molecule has 4 heteroatoms. The average molecular weight is 323 g/mol. The fourth-order valence-corrected chi connectivity index (χ4v) is 2.00. The maximum absolute atomic E-state index is 12.7. The van der Waals surface area contributed by atoms with E-state index in [2.05, 4.69) is 15.9 Å². The standard InChI is InChI=1S/C15H12BrFO2/c16-14-3-1-2-4-15(14)19-10-13(18)9-11-5-7-12(17)8-6-11/h1-8H,9-10H2. The van der Waals surface area contributed by atoms with E-state index >= 15 is 0 Å². The summed E-state index contributed by atoms with van der Waals surface area (Å²) in [6.07, 6.45) is 0.241. The van der Waals surface area contributed by atoms with E-state index in [-0.39, 0.29) is 24.6 Å². The third kappa shape index (κ3) is 4.17. The maximum Gasteiger partial charge on any atom is 0.174 e. The SMILES string of the molecule is O=C(COc1ccccc1Br)Cc1ccc(F)cc1. The number of rotatable bonds is 5. The zero-order valence-electron chi connectivity index (χ0n) is 10.1. The van der Waals surface area contributed by atoms with Crippen LogP contribution in [0.25, 0.3) is 0 Å². The smallest absolute Gasteiger partial charge is 0.174 e. The molecule has 98 valence electrons. The molecule has 0 heterocycles. The third-order valence-corrected chi connectivity index (χ3v) is 3.19. The second-order valence-electron chi connectivity index (χ2n) is 4.06. The van der Waals surface area contributed by atoms with Crippen LogP contribution in [0.3, 0.4) is 0 Å². The summed E-state index contributed by atoms with van der Waals surface area (Å²) >= 11 is 3.34. The lowest BCUT2D eigenvalue weighted by Crippen LogP contribution is -2.14. The van der Waals surface area contributed by atoms with Gasteiger partial charge < -0.3 is 4.74 Å². The lowest BCUT2D eigenvalue weighted by Gasteiger charge is -2.07. The molecule has 0 bridgehead atoms. The summed E-state index contributed by atoms with van der Waals surface area (Å²) in [5, 5.41) is 0. The lowest BCUT2D eigenvalue weighted by molar-refractivity contribution is -0.120. The van der Waals surface area contributed by atoms with Crippen LogP contribution in [0.5, 0.6) is 5.75 Å². The number of ketones is 1. The molecular formula is C15H12BrFO2. The molecule has 0 saturated heterocycles. The van der Waals surface area contributed by atoms with Crippen LogP contribution in [-0.4, -0.2) is 12.4 Å². The Balaban J connectivity index is 1.88. The van der Waals surface area contributed by atoms with Crippen molar-refractivity contribution >= 4 is 21.7 Å². The van der Waals surface area contributed by atoms with E-state index in [4.69, 9.17) is 4.74 Å². The first kappa shape index (κ1) is 13.7. The molecule has 0 saturated carbocycles. The van der Waals surface area contributed by atoms with E-state index in [0.29, 0.717) is 5.75 Å². The molecule has 0 amide bonds. The summed E-state index contributed by atoms with van der Waals surface area (Å²) in [4.78, 5) is 11.7. The van der Waals surface area contributed by atoms with Crippen LogP contribution in [0.4, 0.5) is 4.39 Å². The van der Waals surface area contributed by atoms with Crippen LogP contribution in [0, 0.1) is 5.82 Å². The number of benzene rings is 2. The van der Waals surface area contributed by atoms with E-state index in [1.54, 1.807) is 18.2 Å². The van der Waals surface area contributed by atoms with Gasteiger partial charge in [-0.15, -0.1) is 0 Å². The van der Waals surface area contributed by atoms with Crippen molar-refractivity contribution in [2.24, 2.45) is 0 Å². The summed E-state index contributed by atoms with van der Waals surface area (Å²) in [6.45, 7) is -0.0000102. The number of Topliss-reactive ketones (excluding diaryl/α,β-unsaturated/α-hetero) is 1. The zero-order chi connectivity index (χ0) is 13.7. The van der Waals surface area contributed by atoms with Gasteiger partial charge in [-0.2, -0.15) is 0 Å². The van der Waals surface area contributed by atoms with Crippen molar-refractivity contribution in [1.82, 2.24) is 0 Å². The van der Waals surface area contributed by atoms with Gasteiger partial charge in [-0.25, -0.2) is 4.39 Å². The van der Waals surface area contributed by atoms with Crippen molar-refractivity contribution in [2.45, 2.75) is 6.42 Å². The Hall–Kier alpha value is -1.68. The Labute approximate surface area is 119 Å². The number of ether oxygens (including phenoxy) is 1. The van der Waals surface area contributed by atoms with Crippen molar-refractivity contribution in [1.29, 1.82) is 0 Å². The Morgan fingerprint density at radius 1 is 1.11 bits per heavy atom. The highest BCUT2D eigenvalue weighted by Gasteiger charge is 2.06. The molecule has 2 aromatic carbocycles. The van der Waals surface area contributed by atoms with Gasteiger partial charge in [-0.05, 0) is 45.8 Å². The van der Waals surface area contributed by atoms with E-state index in [9.17, 15) is 9.18 Å². The summed E-state index contributed by atoms with van der Waals surface area (Å²) in [5.74, 6) is 0.276. The number of para-hydroxylation sites is 1. The highest BCUT2D eigenvalue weighted by Crippen LogP contribution is 2.23. The Morgan fingerprint density at radius 3 is 2.47 bits per heavy atom. The van der Waals surface area contributed by atoms with Gasteiger partial charge in [-0.1, -0.05) is 24.3 Å². The molecule has 0 fully saturated rings. The predicted octanol–water partition coefficient (Wildman–Crippen LogP) is 3.78. The molecule has 0 aliphatic heterocycles. The molecule has 0 aliphatic rings. The molecule has 0 unspecified atom stereocenters. The molecule has 19 heavy (non-hydrogen) atoms. The third-order valence-electron chi connectivity index (χ3n) is 2.54. The quantitative estimate of drug-likeness (QED) is 0.837. The molecule has 0 atom stereocenters. The average Bonchev–Trinajstić information content (AvgIpc) is 2.40. The second-order valence-corrected chi connectivity index (χ2v) is 4.92. The number of hydrogen-bond acceptors (Lipinski definition) is 2. The minimum absolute atomic E-state index is 0.0000102. The molecule has 2 rings (SSSR count). The van der Waals surface area contributed by atoms with E-state index in [1.165, 1.54) is 12.1 Å². The van der Waals surface area contributed by atoms with Crippen LogP contribution in [0.2, 0.25) is 0 Å². The Kier molecular flexibility index (Phi) is 4.68. The van der Waals surface area contributed by atoms with Gasteiger partial charge in [0.05, 0.1) is 4.47 Å². The van der Waals surface area contributed by atoms with Crippen LogP contribution >= 0.6 is 15.9 Å².